The minimum atomic E-state index is 0.353. The van der Waals surface area contributed by atoms with Gasteiger partial charge in [-0.15, -0.1) is 0 Å². The third-order valence-corrected chi connectivity index (χ3v) is 2.03. The molecule has 0 aliphatic rings. The first-order chi connectivity index (χ1) is 6.29. The van der Waals surface area contributed by atoms with Crippen LogP contribution in [-0.2, 0) is 0 Å². The molecule has 0 unspecified atom stereocenters. The summed E-state index contributed by atoms with van der Waals surface area (Å²) >= 11 is 4.90. The van der Waals surface area contributed by atoms with Crippen molar-refractivity contribution in [1.82, 2.24) is 10.2 Å². The molecule has 0 spiro atoms. The lowest BCUT2D eigenvalue weighted by Crippen LogP contribution is -2.10. The van der Waals surface area contributed by atoms with Crippen LogP contribution in [-0.4, -0.2) is 15.2 Å². The lowest BCUT2D eigenvalue weighted by molar-refractivity contribution is 1.07. The van der Waals surface area contributed by atoms with Crippen LogP contribution < -0.4 is 5.73 Å². The molecule has 13 heavy (non-hydrogen) atoms. The highest BCUT2D eigenvalue weighted by atomic mass is 32.1. The quantitative estimate of drug-likeness (QED) is 0.686. The average molecular weight is 189 g/mol. The first-order valence-electron chi connectivity index (χ1n) is 3.79. The maximum atomic E-state index is 5.54. The van der Waals surface area contributed by atoms with Crippen LogP contribution in [0.25, 0.3) is 10.9 Å². The molecule has 0 aliphatic carbocycles. The lowest BCUT2D eigenvalue weighted by atomic mass is 10.1. The van der Waals surface area contributed by atoms with Crippen molar-refractivity contribution in [3.05, 3.63) is 36.0 Å². The molecule has 3 nitrogen and oxygen atoms in total. The van der Waals surface area contributed by atoms with Crippen molar-refractivity contribution >= 4 is 28.1 Å². The number of nitrogens with two attached hydrogens (primary N) is 1. The van der Waals surface area contributed by atoms with Gasteiger partial charge in [0.2, 0.25) is 0 Å². The monoisotopic (exact) mass is 189 g/mol. The molecule has 0 atom stereocenters. The number of benzene rings is 1. The van der Waals surface area contributed by atoms with Gasteiger partial charge in [-0.2, -0.15) is 10.2 Å². The highest BCUT2D eigenvalue weighted by molar-refractivity contribution is 7.80. The molecule has 1 aromatic heterocycles. The molecule has 0 saturated heterocycles. The minimum absolute atomic E-state index is 0.353. The second-order valence-corrected chi connectivity index (χ2v) is 3.08. The number of aromatic nitrogens is 2. The molecule has 2 rings (SSSR count). The predicted octanol–water partition coefficient (Wildman–Crippen LogP) is 1.26. The van der Waals surface area contributed by atoms with Crippen molar-refractivity contribution in [2.45, 2.75) is 0 Å². The fourth-order valence-electron chi connectivity index (χ4n) is 1.20. The van der Waals surface area contributed by atoms with Gasteiger partial charge >= 0.3 is 0 Å². The van der Waals surface area contributed by atoms with E-state index in [1.54, 1.807) is 6.20 Å². The van der Waals surface area contributed by atoms with E-state index in [2.05, 4.69) is 10.2 Å². The van der Waals surface area contributed by atoms with Crippen molar-refractivity contribution in [1.29, 1.82) is 0 Å². The third kappa shape index (κ3) is 1.36. The smallest absolute Gasteiger partial charge is 0.106 e. The van der Waals surface area contributed by atoms with Crippen LogP contribution in [0, 0.1) is 0 Å². The summed E-state index contributed by atoms with van der Waals surface area (Å²) < 4.78 is 0. The number of nitrogens with zero attached hydrogens (tertiary/aromatic N) is 2. The highest BCUT2D eigenvalue weighted by Gasteiger charge is 2.03. The topological polar surface area (TPSA) is 51.8 Å². The van der Waals surface area contributed by atoms with Crippen LogP contribution in [0.5, 0.6) is 0 Å². The van der Waals surface area contributed by atoms with Crippen LogP contribution >= 0.6 is 12.2 Å². The maximum Gasteiger partial charge on any atom is 0.106 e. The van der Waals surface area contributed by atoms with E-state index in [9.17, 15) is 0 Å². The average Bonchev–Trinajstić information content (AvgIpc) is 2.17. The Balaban J connectivity index is 2.83. The summed E-state index contributed by atoms with van der Waals surface area (Å²) in [6.07, 6.45) is 1.59. The van der Waals surface area contributed by atoms with Gasteiger partial charge in [0.25, 0.3) is 0 Å². The van der Waals surface area contributed by atoms with E-state index in [0.29, 0.717) is 4.99 Å². The zero-order valence-electron chi connectivity index (χ0n) is 6.77. The molecule has 0 fully saturated rings. The van der Waals surface area contributed by atoms with E-state index >= 15 is 0 Å². The molecule has 4 heteroatoms. The van der Waals surface area contributed by atoms with Crippen LogP contribution in [0.1, 0.15) is 5.56 Å². The summed E-state index contributed by atoms with van der Waals surface area (Å²) in [6, 6.07) is 7.63. The fourth-order valence-corrected chi connectivity index (χ4v) is 1.37. The number of thiocarbonyl (C=S) groups is 1. The Kier molecular flexibility index (Phi) is 1.90. The van der Waals surface area contributed by atoms with Crippen molar-refractivity contribution in [3.63, 3.8) is 0 Å². The second kappa shape index (κ2) is 3.06. The van der Waals surface area contributed by atoms with E-state index in [1.807, 2.05) is 24.3 Å². The molecule has 0 saturated carbocycles. The predicted molar refractivity (Wildman–Crippen MR) is 55.4 cm³/mol. The van der Waals surface area contributed by atoms with Crippen molar-refractivity contribution in [2.24, 2.45) is 5.73 Å². The standard InChI is InChI=1S/C9H7N3S/c10-9(13)7-5-11-12-8-4-2-1-3-6(7)8/h1-5H,(H2,10,13). The molecule has 0 bridgehead atoms. The van der Waals surface area contributed by atoms with E-state index in [1.165, 1.54) is 0 Å². The largest absolute Gasteiger partial charge is 0.389 e. The molecule has 2 N–H and O–H groups in total. The Bertz CT molecular complexity index is 462. The molecule has 1 aromatic carbocycles. The molecule has 0 amide bonds. The fraction of sp³-hybridized carbons (Fsp3) is 0. The third-order valence-electron chi connectivity index (χ3n) is 1.81. The molecule has 0 radical (unpaired) electrons. The summed E-state index contributed by atoms with van der Waals surface area (Å²) in [5.74, 6) is 0. The van der Waals surface area contributed by atoms with Gasteiger partial charge in [0.15, 0.2) is 0 Å². The van der Waals surface area contributed by atoms with Gasteiger partial charge in [0.1, 0.15) is 4.99 Å². The van der Waals surface area contributed by atoms with E-state index in [0.717, 1.165) is 16.5 Å². The highest BCUT2D eigenvalue weighted by Crippen LogP contribution is 2.14. The SMILES string of the molecule is NC(=S)c1cnnc2ccccc12. The molecule has 1 heterocycles. The van der Waals surface area contributed by atoms with Gasteiger partial charge in [0, 0.05) is 10.9 Å². The van der Waals surface area contributed by atoms with E-state index in [4.69, 9.17) is 18.0 Å². The molecule has 2 aromatic rings. The Morgan fingerprint density at radius 2 is 2.08 bits per heavy atom. The van der Waals surface area contributed by atoms with Gasteiger partial charge in [-0.1, -0.05) is 30.4 Å². The summed E-state index contributed by atoms with van der Waals surface area (Å²) in [7, 11) is 0. The molecule has 0 aliphatic heterocycles. The summed E-state index contributed by atoms with van der Waals surface area (Å²) in [6.45, 7) is 0. The van der Waals surface area contributed by atoms with Crippen LogP contribution in [0.15, 0.2) is 30.5 Å². The number of fused-ring (bicyclic) bond motifs is 1. The zero-order valence-corrected chi connectivity index (χ0v) is 7.58. The summed E-state index contributed by atoms with van der Waals surface area (Å²) in [4.78, 5) is 0.353. The molecular formula is C9H7N3S. The number of hydrogen-bond acceptors (Lipinski definition) is 3. The van der Waals surface area contributed by atoms with Crippen molar-refractivity contribution in [2.75, 3.05) is 0 Å². The van der Waals surface area contributed by atoms with Crippen LogP contribution in [0.2, 0.25) is 0 Å². The van der Waals surface area contributed by atoms with Gasteiger partial charge in [-0.3, -0.25) is 0 Å². The van der Waals surface area contributed by atoms with Gasteiger partial charge in [0.05, 0.1) is 11.7 Å². The van der Waals surface area contributed by atoms with Gasteiger partial charge < -0.3 is 5.73 Å². The normalized spacial score (nSPS) is 10.2. The van der Waals surface area contributed by atoms with Crippen LogP contribution in [0.4, 0.5) is 0 Å². The number of rotatable bonds is 1. The van der Waals surface area contributed by atoms with Crippen LogP contribution in [0.3, 0.4) is 0 Å². The molecule has 64 valence electrons. The van der Waals surface area contributed by atoms with Gasteiger partial charge in [-0.05, 0) is 6.07 Å². The number of hydrogen-bond donors (Lipinski definition) is 1. The minimum Gasteiger partial charge on any atom is -0.389 e. The lowest BCUT2D eigenvalue weighted by Gasteiger charge is -2.01. The zero-order chi connectivity index (χ0) is 9.26. The molecular weight excluding hydrogens is 182 g/mol. The Labute approximate surface area is 80.6 Å². The first kappa shape index (κ1) is 8.07. The van der Waals surface area contributed by atoms with Gasteiger partial charge in [-0.25, -0.2) is 0 Å². The van der Waals surface area contributed by atoms with E-state index in [-0.39, 0.29) is 0 Å². The first-order valence-corrected chi connectivity index (χ1v) is 4.20. The summed E-state index contributed by atoms with van der Waals surface area (Å²) in [5, 5.41) is 8.72. The Morgan fingerprint density at radius 1 is 1.31 bits per heavy atom. The Morgan fingerprint density at radius 3 is 2.85 bits per heavy atom. The second-order valence-electron chi connectivity index (χ2n) is 2.64. The van der Waals surface area contributed by atoms with E-state index < -0.39 is 0 Å². The Hall–Kier alpha value is -1.55. The van der Waals surface area contributed by atoms with Crippen molar-refractivity contribution < 1.29 is 0 Å². The summed E-state index contributed by atoms with van der Waals surface area (Å²) in [5.41, 5.74) is 7.13. The maximum absolute atomic E-state index is 5.54. The van der Waals surface area contributed by atoms with Crippen molar-refractivity contribution in [3.8, 4) is 0 Å².